The van der Waals surface area contributed by atoms with Crippen LogP contribution in [-0.4, -0.2) is 44.0 Å². The van der Waals surface area contributed by atoms with Gasteiger partial charge in [-0.15, -0.1) is 0 Å². The summed E-state index contributed by atoms with van der Waals surface area (Å²) < 4.78 is 33.2. The second kappa shape index (κ2) is 8.55. The molecule has 0 bridgehead atoms. The number of halogens is 2. The van der Waals surface area contributed by atoms with E-state index in [9.17, 15) is 18.4 Å². The second-order valence-electron chi connectivity index (χ2n) is 7.90. The molecule has 1 aliphatic heterocycles. The van der Waals surface area contributed by atoms with Crippen LogP contribution >= 0.6 is 0 Å². The largest absolute Gasteiger partial charge is 0.469 e. The third-order valence-corrected chi connectivity index (χ3v) is 5.95. The maximum Gasteiger partial charge on any atom is 0.312 e. The zero-order valence-corrected chi connectivity index (χ0v) is 16.3. The molecule has 2 aliphatic rings. The monoisotopic (exact) mass is 394 g/mol. The van der Waals surface area contributed by atoms with Gasteiger partial charge < -0.3 is 15.0 Å². The molecule has 0 radical (unpaired) electrons. The van der Waals surface area contributed by atoms with E-state index in [-0.39, 0.29) is 25.2 Å². The number of carbonyl (C=O) groups is 2. The Morgan fingerprint density at radius 1 is 1.18 bits per heavy atom. The highest BCUT2D eigenvalue weighted by molar-refractivity contribution is 5.97. The van der Waals surface area contributed by atoms with E-state index in [0.29, 0.717) is 44.5 Å². The van der Waals surface area contributed by atoms with E-state index < -0.39 is 23.3 Å². The van der Waals surface area contributed by atoms with Crippen LogP contribution in [0.3, 0.4) is 0 Å². The fourth-order valence-corrected chi connectivity index (χ4v) is 4.46. The van der Waals surface area contributed by atoms with Crippen molar-refractivity contribution in [3.05, 3.63) is 30.3 Å². The molecule has 1 amide bonds. The number of methoxy groups -OCH3 is 1. The summed E-state index contributed by atoms with van der Waals surface area (Å²) in [5.41, 5.74) is -0.300. The van der Waals surface area contributed by atoms with Crippen LogP contribution in [0.2, 0.25) is 0 Å². The number of esters is 1. The van der Waals surface area contributed by atoms with Crippen LogP contribution in [0.25, 0.3) is 0 Å². The lowest BCUT2D eigenvalue weighted by Gasteiger charge is -2.40. The van der Waals surface area contributed by atoms with Crippen molar-refractivity contribution in [1.29, 1.82) is 0 Å². The quantitative estimate of drug-likeness (QED) is 0.777. The van der Waals surface area contributed by atoms with Crippen LogP contribution in [0.1, 0.15) is 44.9 Å². The number of amides is 1. The molecule has 154 valence electrons. The Morgan fingerprint density at radius 2 is 1.86 bits per heavy atom. The number of hydrogen-bond acceptors (Lipinski definition) is 4. The number of hydrogen-bond donors (Lipinski definition) is 1. The lowest BCUT2D eigenvalue weighted by atomic mass is 9.75. The van der Waals surface area contributed by atoms with Crippen molar-refractivity contribution in [3.8, 4) is 0 Å². The molecule has 5 nitrogen and oxygen atoms in total. The number of anilines is 1. The average Bonchev–Trinajstić information content (AvgIpc) is 2.68. The summed E-state index contributed by atoms with van der Waals surface area (Å²) in [6, 6.07) is 8.35. The molecule has 1 saturated carbocycles. The fourth-order valence-electron chi connectivity index (χ4n) is 4.46. The summed E-state index contributed by atoms with van der Waals surface area (Å²) in [7, 11) is 1.33. The molecule has 28 heavy (non-hydrogen) atoms. The van der Waals surface area contributed by atoms with E-state index in [1.165, 1.54) is 12.0 Å². The number of ether oxygens (including phenoxy) is 1. The molecule has 2 fully saturated rings. The Hall–Kier alpha value is -2.02. The zero-order chi connectivity index (χ0) is 20.2. The van der Waals surface area contributed by atoms with Gasteiger partial charge in [0, 0.05) is 31.0 Å². The van der Waals surface area contributed by atoms with Crippen LogP contribution in [0.5, 0.6) is 0 Å². The molecule has 7 heteroatoms. The number of alkyl halides is 2. The Balaban J connectivity index is 1.89. The molecule has 1 aliphatic carbocycles. The minimum atomic E-state index is -2.77. The normalized spacial score (nSPS) is 23.6. The third kappa shape index (κ3) is 4.51. The van der Waals surface area contributed by atoms with Gasteiger partial charge >= 0.3 is 5.97 Å². The van der Waals surface area contributed by atoms with Gasteiger partial charge in [0.15, 0.2) is 0 Å². The SMILES string of the molecule is COC(=O)C1(CC(=O)N(c2ccccc2)C2CCCC(F)(F)C2)CCNCC1. The van der Waals surface area contributed by atoms with Gasteiger partial charge in [-0.05, 0) is 50.9 Å². The third-order valence-electron chi connectivity index (χ3n) is 5.95. The Bertz CT molecular complexity index is 690. The number of rotatable bonds is 5. The number of nitrogens with one attached hydrogen (secondary N) is 1. The van der Waals surface area contributed by atoms with Crippen molar-refractivity contribution in [2.75, 3.05) is 25.1 Å². The standard InChI is InChI=1S/C21H28F2N2O3/c1-28-19(27)20(10-12-24-13-11-20)15-18(26)25(16-6-3-2-4-7-16)17-8-5-9-21(22,23)14-17/h2-4,6-7,17,24H,5,8-15H2,1H3. The lowest BCUT2D eigenvalue weighted by Crippen LogP contribution is -2.50. The number of piperidine rings is 1. The van der Waals surface area contributed by atoms with Crippen LogP contribution in [0, 0.1) is 5.41 Å². The van der Waals surface area contributed by atoms with Crippen LogP contribution < -0.4 is 10.2 Å². The molecule has 1 aromatic rings. The first-order valence-corrected chi connectivity index (χ1v) is 9.91. The van der Waals surface area contributed by atoms with E-state index in [4.69, 9.17) is 4.74 Å². The molecule has 3 rings (SSSR count). The number of carbonyl (C=O) groups excluding carboxylic acids is 2. The van der Waals surface area contributed by atoms with Gasteiger partial charge in [0.1, 0.15) is 0 Å². The highest BCUT2D eigenvalue weighted by Gasteiger charge is 2.46. The van der Waals surface area contributed by atoms with E-state index >= 15 is 0 Å². The molecule has 1 saturated heterocycles. The molecular formula is C21H28F2N2O3. The predicted molar refractivity (Wildman–Crippen MR) is 102 cm³/mol. The molecule has 1 N–H and O–H groups in total. The van der Waals surface area contributed by atoms with Crippen molar-refractivity contribution in [2.45, 2.75) is 56.9 Å². The van der Waals surface area contributed by atoms with E-state index in [2.05, 4.69) is 5.32 Å². The van der Waals surface area contributed by atoms with Gasteiger partial charge in [0.25, 0.3) is 0 Å². The Morgan fingerprint density at radius 3 is 2.46 bits per heavy atom. The summed E-state index contributed by atoms with van der Waals surface area (Å²) in [6.07, 6.45) is 1.38. The van der Waals surface area contributed by atoms with Gasteiger partial charge in [-0.25, -0.2) is 8.78 Å². The summed E-state index contributed by atoms with van der Waals surface area (Å²) in [4.78, 5) is 27.4. The summed E-state index contributed by atoms with van der Waals surface area (Å²) >= 11 is 0. The first-order chi connectivity index (χ1) is 13.4. The van der Waals surface area contributed by atoms with Crippen molar-refractivity contribution >= 4 is 17.6 Å². The predicted octanol–water partition coefficient (Wildman–Crippen LogP) is 3.53. The van der Waals surface area contributed by atoms with Gasteiger partial charge in [0.2, 0.25) is 11.8 Å². The minimum absolute atomic E-state index is 0.0294. The molecular weight excluding hydrogens is 366 g/mol. The van der Waals surface area contributed by atoms with E-state index in [1.54, 1.807) is 24.3 Å². The molecule has 1 atom stereocenters. The van der Waals surface area contributed by atoms with Gasteiger partial charge in [-0.3, -0.25) is 9.59 Å². The van der Waals surface area contributed by atoms with Crippen molar-refractivity contribution < 1.29 is 23.1 Å². The lowest BCUT2D eigenvalue weighted by molar-refractivity contribution is -0.157. The maximum absolute atomic E-state index is 14.1. The van der Waals surface area contributed by atoms with Gasteiger partial charge in [0.05, 0.1) is 12.5 Å². The van der Waals surface area contributed by atoms with Crippen molar-refractivity contribution in [2.24, 2.45) is 5.41 Å². The van der Waals surface area contributed by atoms with Crippen LogP contribution in [0.15, 0.2) is 30.3 Å². The van der Waals surface area contributed by atoms with E-state index in [1.807, 2.05) is 6.07 Å². The Labute approximate surface area is 164 Å². The topological polar surface area (TPSA) is 58.6 Å². The number of nitrogens with zero attached hydrogens (tertiary/aromatic N) is 1. The molecule has 1 unspecified atom stereocenters. The smallest absolute Gasteiger partial charge is 0.312 e. The van der Waals surface area contributed by atoms with Crippen LogP contribution in [-0.2, 0) is 14.3 Å². The van der Waals surface area contributed by atoms with Gasteiger partial charge in [-0.2, -0.15) is 0 Å². The number of para-hydroxylation sites is 1. The number of benzene rings is 1. The Kier molecular flexibility index (Phi) is 6.33. The second-order valence-corrected chi connectivity index (χ2v) is 7.90. The van der Waals surface area contributed by atoms with Crippen molar-refractivity contribution in [3.63, 3.8) is 0 Å². The molecule has 1 aromatic carbocycles. The average molecular weight is 394 g/mol. The highest BCUT2D eigenvalue weighted by atomic mass is 19.3. The maximum atomic E-state index is 14.1. The summed E-state index contributed by atoms with van der Waals surface area (Å²) in [5, 5.41) is 3.19. The van der Waals surface area contributed by atoms with Crippen molar-refractivity contribution in [1.82, 2.24) is 5.32 Å². The van der Waals surface area contributed by atoms with Gasteiger partial charge in [-0.1, -0.05) is 18.2 Å². The van der Waals surface area contributed by atoms with Crippen LogP contribution in [0.4, 0.5) is 14.5 Å². The first kappa shape index (κ1) is 20.7. The molecule has 1 heterocycles. The first-order valence-electron chi connectivity index (χ1n) is 9.91. The summed E-state index contributed by atoms with van der Waals surface area (Å²) in [6.45, 7) is 1.24. The molecule has 0 aromatic heterocycles. The fraction of sp³-hybridized carbons (Fsp3) is 0.619. The highest BCUT2D eigenvalue weighted by Crippen LogP contribution is 2.40. The molecule has 0 spiro atoms. The minimum Gasteiger partial charge on any atom is -0.469 e. The van der Waals surface area contributed by atoms with E-state index in [0.717, 1.165) is 0 Å². The zero-order valence-electron chi connectivity index (χ0n) is 16.3. The summed E-state index contributed by atoms with van der Waals surface area (Å²) in [5.74, 6) is -3.46.